The zero-order valence-corrected chi connectivity index (χ0v) is 18.2. The smallest absolute Gasteiger partial charge is 0.422 e. The summed E-state index contributed by atoms with van der Waals surface area (Å²) in [6.07, 6.45) is -2.99. The highest BCUT2D eigenvalue weighted by Crippen LogP contribution is 2.18. The summed E-state index contributed by atoms with van der Waals surface area (Å²) in [5, 5.41) is 6.45. The van der Waals surface area contributed by atoms with Gasteiger partial charge in [0.1, 0.15) is 5.75 Å². The average Bonchev–Trinajstić information content (AvgIpc) is 3.11. The summed E-state index contributed by atoms with van der Waals surface area (Å²) in [6.45, 7) is 2.39. The largest absolute Gasteiger partial charge is 0.484 e. The molecule has 1 aromatic carbocycles. The van der Waals surface area contributed by atoms with Crippen molar-refractivity contribution < 1.29 is 22.7 Å². The molecule has 1 fully saturated rings. The van der Waals surface area contributed by atoms with Crippen LogP contribution in [-0.2, 0) is 11.3 Å². The van der Waals surface area contributed by atoms with Crippen molar-refractivity contribution in [1.82, 2.24) is 15.5 Å². The first kappa shape index (κ1) is 24.3. The van der Waals surface area contributed by atoms with Gasteiger partial charge in [0.25, 0.3) is 0 Å². The number of ether oxygens (including phenoxy) is 1. The van der Waals surface area contributed by atoms with E-state index in [9.17, 15) is 18.0 Å². The van der Waals surface area contributed by atoms with Crippen LogP contribution in [0.15, 0.2) is 29.3 Å². The maximum atomic E-state index is 12.1. The maximum Gasteiger partial charge on any atom is 0.422 e. The molecule has 1 aliphatic heterocycles. The molecule has 10 heteroatoms. The predicted octanol–water partition coefficient (Wildman–Crippen LogP) is 2.92. The molecule has 158 valence electrons. The Balaban J connectivity index is 0.00000392. The van der Waals surface area contributed by atoms with E-state index in [-0.39, 0.29) is 41.7 Å². The van der Waals surface area contributed by atoms with Crippen molar-refractivity contribution in [2.45, 2.75) is 38.5 Å². The number of rotatable bonds is 6. The molecule has 1 unspecified atom stereocenters. The van der Waals surface area contributed by atoms with Gasteiger partial charge in [0, 0.05) is 39.1 Å². The third-order valence-corrected chi connectivity index (χ3v) is 4.19. The lowest BCUT2D eigenvalue weighted by Gasteiger charge is -2.19. The number of halogens is 4. The van der Waals surface area contributed by atoms with E-state index in [1.807, 2.05) is 11.8 Å². The lowest BCUT2D eigenvalue weighted by atomic mass is 10.2. The minimum absolute atomic E-state index is 0. The molecule has 0 saturated carbocycles. The van der Waals surface area contributed by atoms with Crippen LogP contribution in [0.1, 0.15) is 25.3 Å². The van der Waals surface area contributed by atoms with E-state index in [0.717, 1.165) is 18.5 Å². The normalized spacial score (nSPS) is 17.1. The van der Waals surface area contributed by atoms with Gasteiger partial charge in [-0.3, -0.25) is 9.79 Å². The van der Waals surface area contributed by atoms with Crippen LogP contribution in [-0.4, -0.2) is 55.7 Å². The van der Waals surface area contributed by atoms with E-state index in [1.165, 1.54) is 12.1 Å². The van der Waals surface area contributed by atoms with Gasteiger partial charge in [-0.15, -0.1) is 24.0 Å². The number of nitrogens with zero attached hydrogens (tertiary/aromatic N) is 2. The van der Waals surface area contributed by atoms with Gasteiger partial charge in [0.15, 0.2) is 12.6 Å². The Morgan fingerprint density at radius 1 is 1.32 bits per heavy atom. The SMILES string of the molecule is CCC(=O)N1CCC(NC(=NC)NCc2ccc(OCC(F)(F)F)cc2)C1.I. The minimum atomic E-state index is -4.35. The molecular formula is C18H26F3IN4O2. The standard InChI is InChI=1S/C18H25F3N4O2.HI/c1-3-16(26)25-9-8-14(11-25)24-17(22-2)23-10-13-4-6-15(7-5-13)27-12-18(19,20)21;/h4-7,14H,3,8-12H2,1-2H3,(H2,22,23,24);1H. The molecular weight excluding hydrogens is 488 g/mol. The quantitative estimate of drug-likeness (QED) is 0.348. The van der Waals surface area contributed by atoms with Crippen LogP contribution in [0.5, 0.6) is 5.75 Å². The van der Waals surface area contributed by atoms with Crippen molar-refractivity contribution in [1.29, 1.82) is 0 Å². The lowest BCUT2D eigenvalue weighted by Crippen LogP contribution is -2.44. The van der Waals surface area contributed by atoms with Crippen LogP contribution in [0.25, 0.3) is 0 Å². The van der Waals surface area contributed by atoms with Crippen LogP contribution >= 0.6 is 24.0 Å². The van der Waals surface area contributed by atoms with Gasteiger partial charge in [-0.05, 0) is 24.1 Å². The Kier molecular flexibility index (Phi) is 9.83. The van der Waals surface area contributed by atoms with E-state index < -0.39 is 12.8 Å². The summed E-state index contributed by atoms with van der Waals surface area (Å²) in [7, 11) is 1.66. The number of aliphatic imine (C=N–C) groups is 1. The number of likely N-dealkylation sites (tertiary alicyclic amines) is 1. The molecule has 0 radical (unpaired) electrons. The Bertz CT molecular complexity index is 653. The van der Waals surface area contributed by atoms with Crippen LogP contribution < -0.4 is 15.4 Å². The molecule has 2 N–H and O–H groups in total. The van der Waals surface area contributed by atoms with Crippen molar-refractivity contribution in [3.63, 3.8) is 0 Å². The summed E-state index contributed by atoms with van der Waals surface area (Å²) in [4.78, 5) is 17.7. The Morgan fingerprint density at radius 3 is 2.57 bits per heavy atom. The number of amides is 1. The Morgan fingerprint density at radius 2 is 2.00 bits per heavy atom. The summed E-state index contributed by atoms with van der Waals surface area (Å²) in [5.41, 5.74) is 0.881. The first-order chi connectivity index (χ1) is 12.8. The van der Waals surface area contributed by atoms with Gasteiger partial charge in [0.05, 0.1) is 0 Å². The molecule has 0 aromatic heterocycles. The van der Waals surface area contributed by atoms with E-state index in [0.29, 0.717) is 25.5 Å². The Labute approximate surface area is 179 Å². The molecule has 2 rings (SSSR count). The van der Waals surface area contributed by atoms with Gasteiger partial charge in [-0.2, -0.15) is 13.2 Å². The zero-order chi connectivity index (χ0) is 19.9. The van der Waals surface area contributed by atoms with Gasteiger partial charge in [-0.25, -0.2) is 0 Å². The third kappa shape index (κ3) is 8.11. The van der Waals surface area contributed by atoms with Crippen molar-refractivity contribution in [2.75, 3.05) is 26.7 Å². The van der Waals surface area contributed by atoms with Crippen molar-refractivity contribution >= 4 is 35.8 Å². The third-order valence-electron chi connectivity index (χ3n) is 4.19. The van der Waals surface area contributed by atoms with Gasteiger partial charge >= 0.3 is 6.18 Å². The summed E-state index contributed by atoms with van der Waals surface area (Å²) >= 11 is 0. The monoisotopic (exact) mass is 514 g/mol. The van der Waals surface area contributed by atoms with Crippen LogP contribution in [0.3, 0.4) is 0 Å². The zero-order valence-electron chi connectivity index (χ0n) is 15.9. The topological polar surface area (TPSA) is 66.0 Å². The fraction of sp³-hybridized carbons (Fsp3) is 0.556. The molecule has 28 heavy (non-hydrogen) atoms. The number of guanidine groups is 1. The van der Waals surface area contributed by atoms with Crippen molar-refractivity contribution in [2.24, 2.45) is 4.99 Å². The molecule has 1 aromatic rings. The van der Waals surface area contributed by atoms with Gasteiger partial charge in [0.2, 0.25) is 5.91 Å². The van der Waals surface area contributed by atoms with Crippen molar-refractivity contribution in [3.05, 3.63) is 29.8 Å². The fourth-order valence-electron chi connectivity index (χ4n) is 2.77. The molecule has 1 saturated heterocycles. The number of hydrogen-bond acceptors (Lipinski definition) is 3. The molecule has 1 heterocycles. The number of hydrogen-bond donors (Lipinski definition) is 2. The van der Waals surface area contributed by atoms with E-state index in [1.54, 1.807) is 19.2 Å². The van der Waals surface area contributed by atoms with Crippen LogP contribution in [0, 0.1) is 0 Å². The molecule has 1 aliphatic rings. The van der Waals surface area contributed by atoms with Crippen molar-refractivity contribution in [3.8, 4) is 5.75 Å². The maximum absolute atomic E-state index is 12.1. The van der Waals surface area contributed by atoms with E-state index in [2.05, 4.69) is 20.4 Å². The molecule has 0 bridgehead atoms. The molecule has 0 spiro atoms. The summed E-state index contributed by atoms with van der Waals surface area (Å²) in [6, 6.07) is 6.55. The lowest BCUT2D eigenvalue weighted by molar-refractivity contribution is -0.153. The highest BCUT2D eigenvalue weighted by molar-refractivity contribution is 14.0. The number of benzene rings is 1. The number of carbonyl (C=O) groups excluding carboxylic acids is 1. The minimum Gasteiger partial charge on any atom is -0.484 e. The highest BCUT2D eigenvalue weighted by Gasteiger charge is 2.28. The molecule has 1 atom stereocenters. The second-order valence-corrected chi connectivity index (χ2v) is 6.30. The second-order valence-electron chi connectivity index (χ2n) is 6.30. The first-order valence-corrected chi connectivity index (χ1v) is 8.84. The summed E-state index contributed by atoms with van der Waals surface area (Å²) in [5.74, 6) is 0.934. The highest BCUT2D eigenvalue weighted by atomic mass is 127. The second kappa shape index (κ2) is 11.3. The van der Waals surface area contributed by atoms with E-state index >= 15 is 0 Å². The fourth-order valence-corrected chi connectivity index (χ4v) is 2.77. The number of alkyl halides is 3. The van der Waals surface area contributed by atoms with Gasteiger partial charge in [-0.1, -0.05) is 19.1 Å². The van der Waals surface area contributed by atoms with Gasteiger partial charge < -0.3 is 20.3 Å². The molecule has 1 amide bonds. The number of nitrogens with one attached hydrogen (secondary N) is 2. The Hall–Kier alpha value is -1.72. The van der Waals surface area contributed by atoms with E-state index in [4.69, 9.17) is 0 Å². The molecule has 6 nitrogen and oxygen atoms in total. The van der Waals surface area contributed by atoms with Crippen LogP contribution in [0.2, 0.25) is 0 Å². The van der Waals surface area contributed by atoms with Crippen LogP contribution in [0.4, 0.5) is 13.2 Å². The molecule has 0 aliphatic carbocycles. The number of carbonyl (C=O) groups is 1. The first-order valence-electron chi connectivity index (χ1n) is 8.84. The summed E-state index contributed by atoms with van der Waals surface area (Å²) < 4.78 is 41.1. The predicted molar refractivity (Wildman–Crippen MR) is 112 cm³/mol. The average molecular weight is 514 g/mol.